The van der Waals surface area contributed by atoms with Crippen LogP contribution in [-0.4, -0.2) is 149 Å². The lowest BCUT2D eigenvalue weighted by Crippen LogP contribution is -2.36. The normalized spacial score (nSPS) is 14.2. The summed E-state index contributed by atoms with van der Waals surface area (Å²) in [5.41, 5.74) is 21.5. The van der Waals surface area contributed by atoms with Crippen LogP contribution in [0.3, 0.4) is 0 Å². The number of morpholine rings is 3. The number of hydrogen-bond acceptors (Lipinski definition) is 28. The summed E-state index contributed by atoms with van der Waals surface area (Å²) < 4.78 is 172. The Balaban J connectivity index is 0.000000143. The van der Waals surface area contributed by atoms with E-state index in [9.17, 15) is 42.8 Å². The van der Waals surface area contributed by atoms with E-state index in [1.165, 1.54) is 89.1 Å². The van der Waals surface area contributed by atoms with E-state index in [1.54, 1.807) is 48.7 Å². The number of hydrogen-bond donors (Lipinski definition) is 4. The summed E-state index contributed by atoms with van der Waals surface area (Å²) in [4.78, 5) is 45.6. The van der Waals surface area contributed by atoms with Crippen molar-refractivity contribution in [2.45, 2.75) is 26.4 Å². The number of nitrogens with one attached hydrogen (secondary N) is 1. The first kappa shape index (κ1) is 76.3. The maximum atomic E-state index is 15.8. The Labute approximate surface area is 635 Å². The Morgan fingerprint density at radius 2 is 0.843 bits per heavy atom. The molecule has 0 amide bonds. The first-order chi connectivity index (χ1) is 51.9. The zero-order chi connectivity index (χ0) is 76.0. The fourth-order valence-corrected chi connectivity index (χ4v) is 19.2. The molecule has 0 spiro atoms. The van der Waals surface area contributed by atoms with E-state index in [0.717, 1.165) is 33.3 Å². The molecule has 7 N–H and O–H groups in total. The molecule has 5 aromatic carbocycles. The van der Waals surface area contributed by atoms with E-state index < -0.39 is 80.0 Å². The number of halogens is 7. The predicted octanol–water partition coefficient (Wildman–Crippen LogP) is 12.4. The molecule has 15 rings (SSSR count). The van der Waals surface area contributed by atoms with Gasteiger partial charge in [0.25, 0.3) is 10.0 Å². The van der Waals surface area contributed by atoms with Crippen LogP contribution in [0.15, 0.2) is 165 Å². The smallest absolute Gasteiger partial charge is 0.265 e. The molecule has 3 aliphatic heterocycles. The molecule has 3 fully saturated rings. The van der Waals surface area contributed by atoms with Gasteiger partial charge in [0.2, 0.25) is 32.8 Å². The fraction of sp³-hybridized carbons (Fsp3) is 0.203. The maximum Gasteiger partial charge on any atom is 0.265 e. The van der Waals surface area contributed by atoms with Crippen molar-refractivity contribution in [1.82, 2.24) is 44.9 Å². The van der Waals surface area contributed by atoms with Gasteiger partial charge in [-0.05, 0) is 90.0 Å². The summed E-state index contributed by atoms with van der Waals surface area (Å²) in [7, 11) is -12.6. The van der Waals surface area contributed by atoms with Crippen molar-refractivity contribution in [3.8, 4) is 65.5 Å². The second kappa shape index (κ2) is 32.9. The van der Waals surface area contributed by atoms with Crippen molar-refractivity contribution in [3.63, 3.8) is 0 Å². The molecule has 108 heavy (non-hydrogen) atoms. The summed E-state index contributed by atoms with van der Waals surface area (Å²) >= 11 is 17.6. The highest BCUT2D eigenvalue weighted by molar-refractivity contribution is 7.92. The summed E-state index contributed by atoms with van der Waals surface area (Å²) in [5, 5.41) is 2.45. The van der Waals surface area contributed by atoms with Gasteiger partial charge in [-0.3, -0.25) is 4.72 Å². The number of thiazole rings is 3. The van der Waals surface area contributed by atoms with E-state index in [-0.39, 0.29) is 50.5 Å². The van der Waals surface area contributed by atoms with Gasteiger partial charge in [-0.15, -0.1) is 0 Å². The lowest BCUT2D eigenvalue weighted by Gasteiger charge is -2.26. The Morgan fingerprint density at radius 1 is 0.454 bits per heavy atom. The molecule has 39 heteroatoms. The first-order valence-corrected chi connectivity index (χ1v) is 40.4. The third kappa shape index (κ3) is 17.3. The van der Waals surface area contributed by atoms with Gasteiger partial charge in [-0.2, -0.15) is 0 Å². The summed E-state index contributed by atoms with van der Waals surface area (Å²) in [6.45, 7) is 7.29. The largest absolute Gasteiger partial charge is 0.453 e. The average molecular weight is 1630 g/mol. The Morgan fingerprint density at radius 3 is 1.26 bits per heavy atom. The third-order valence-electron chi connectivity index (χ3n) is 16.5. The number of benzene rings is 5. The quantitative estimate of drug-likeness (QED) is 0.0580. The molecule has 560 valence electrons. The summed E-state index contributed by atoms with van der Waals surface area (Å²) in [6.07, 6.45) is 5.91. The van der Waals surface area contributed by atoms with Crippen LogP contribution in [0.5, 0.6) is 0 Å². The molecule has 0 bridgehead atoms. The minimum Gasteiger partial charge on any atom is -0.453 e. The predicted molar refractivity (Wildman–Crippen MR) is 402 cm³/mol. The molecule has 10 heterocycles. The van der Waals surface area contributed by atoms with Crippen LogP contribution in [0.25, 0.3) is 65.5 Å². The van der Waals surface area contributed by atoms with Crippen LogP contribution >= 0.6 is 57.2 Å². The van der Waals surface area contributed by atoms with Gasteiger partial charge in [0.15, 0.2) is 31.0 Å². The van der Waals surface area contributed by atoms with Crippen molar-refractivity contribution >= 4 is 126 Å². The van der Waals surface area contributed by atoms with Crippen LogP contribution in [0.2, 0.25) is 10.0 Å². The van der Waals surface area contributed by atoms with Gasteiger partial charge < -0.3 is 50.5 Å². The van der Waals surface area contributed by atoms with Crippen LogP contribution in [0.4, 0.5) is 60.9 Å². The van der Waals surface area contributed by atoms with Gasteiger partial charge in [0, 0.05) is 74.5 Å². The summed E-state index contributed by atoms with van der Waals surface area (Å²) in [5.74, 6) is -5.65. The lowest BCUT2D eigenvalue weighted by molar-refractivity contribution is 0.122. The Hall–Kier alpha value is -9.93. The van der Waals surface area contributed by atoms with Gasteiger partial charge in [-0.25, -0.2) is 92.1 Å². The number of nitrogens with zero attached hydrogens (tertiary/aromatic N) is 12. The molecule has 0 aliphatic carbocycles. The number of ether oxygens (including phenoxy) is 3. The molecule has 7 aromatic heterocycles. The van der Waals surface area contributed by atoms with Crippen molar-refractivity contribution in [2.24, 2.45) is 0 Å². The van der Waals surface area contributed by atoms with E-state index in [0.29, 0.717) is 162 Å². The second-order valence-corrected chi connectivity index (χ2v) is 32.9. The highest BCUT2D eigenvalue weighted by Gasteiger charge is 2.31. The number of anilines is 7. The molecule has 3 saturated heterocycles. The minimum atomic E-state index is -4.65. The number of nitrogen functional groups attached to an aromatic ring is 3. The molecule has 3 aliphatic rings. The van der Waals surface area contributed by atoms with Gasteiger partial charge in [0.1, 0.15) is 33.1 Å². The molecular weight excluding hydrogens is 1570 g/mol. The number of furan rings is 1. The van der Waals surface area contributed by atoms with Gasteiger partial charge in [-0.1, -0.05) is 99.7 Å². The highest BCUT2D eigenvalue weighted by Crippen LogP contribution is 2.47. The number of sulfone groups is 2. The average Bonchev–Trinajstić information content (AvgIpc) is 1.61. The van der Waals surface area contributed by atoms with Crippen molar-refractivity contribution in [3.05, 3.63) is 196 Å². The number of aromatic nitrogens is 9. The van der Waals surface area contributed by atoms with Gasteiger partial charge >= 0.3 is 0 Å². The second-order valence-electron chi connectivity index (χ2n) is 23.7. The van der Waals surface area contributed by atoms with Crippen LogP contribution in [0, 0.1) is 29.1 Å². The lowest BCUT2D eigenvalue weighted by atomic mass is 10.1. The highest BCUT2D eigenvalue weighted by atomic mass is 35.5. The van der Waals surface area contributed by atoms with E-state index in [2.05, 4.69) is 44.7 Å². The van der Waals surface area contributed by atoms with Crippen molar-refractivity contribution in [1.29, 1.82) is 0 Å². The molecule has 12 aromatic rings. The zero-order valence-electron chi connectivity index (χ0n) is 56.0. The SMILES string of the molecule is Nc1nccc(-c2sc(N3CCOCC3)nc2-c2cccc(CS(=O)(=O)c3cc(F)ccc3F)c2Cl)n1.Nc1nccc(-c2sc(N3CCOCC3)nc2-c2cccc(CS(=O)(=O)c3ccco3)c2Cl)n1.Nc1nccc(-c2sc(N3CCOCC3)nc2-c2cccc(NS(=O)(=O)c3cc(F)ccc3F)c2F)n1. The summed E-state index contributed by atoms with van der Waals surface area (Å²) in [6, 6.07) is 26.5. The van der Waals surface area contributed by atoms with Crippen molar-refractivity contribution < 1.29 is 65.8 Å². The number of nitrogens with two attached hydrogens (primary N) is 3. The number of sulfonamides is 1. The van der Waals surface area contributed by atoms with Crippen molar-refractivity contribution in [2.75, 3.05) is 116 Å². The van der Waals surface area contributed by atoms with E-state index >= 15 is 4.39 Å². The third-order valence-corrected chi connectivity index (χ3v) is 25.4. The van der Waals surface area contributed by atoms with E-state index in [1.807, 2.05) is 15.7 Å². The molecule has 0 saturated carbocycles. The topological polar surface area (TPSA) is 359 Å². The minimum absolute atomic E-state index is 0.0175. The Bertz CT molecular complexity index is 5430. The van der Waals surface area contributed by atoms with Gasteiger partial charge in [0.05, 0.1) is 122 Å². The Kier molecular flexibility index (Phi) is 23.2. The molecular formula is C69H59Cl2F5N16O10S6. The molecule has 0 atom stereocenters. The molecule has 0 unspecified atom stereocenters. The van der Waals surface area contributed by atoms with Crippen LogP contribution < -0.4 is 36.6 Å². The maximum absolute atomic E-state index is 15.8. The van der Waals surface area contributed by atoms with Crippen LogP contribution in [0.1, 0.15) is 11.1 Å². The fourth-order valence-electron chi connectivity index (χ4n) is 11.3. The van der Waals surface area contributed by atoms with E-state index in [4.69, 9.17) is 69.0 Å². The van der Waals surface area contributed by atoms with Crippen LogP contribution in [-0.2, 0) is 55.4 Å². The zero-order valence-corrected chi connectivity index (χ0v) is 62.4. The molecule has 0 radical (unpaired) electrons. The standard InChI is InChI=1S/C24H20ClF2N5O3S2.C23H19F3N6O3S2.C22H20ClN5O4S2/c25-20-14(13-37(33,34)19-12-15(26)4-5-17(19)27)2-1-3-16(20)21-22(18-6-7-29-23(28)30-18)36-24(31-21)32-8-10-35-11-9-32;24-13-4-5-15(25)18(12-13)37(33,34)31-16-3-1-2-14(19(16)26)20-21(17-6-7-28-22(27)29-17)36-23(30-20)32-8-10-35-11-9-32;23-18-14(13-34(29,30)17-5-2-10-32-17)3-1-4-15(18)19-20(16-6-7-25-21(24)26-16)33-22(27-19)28-8-11-31-12-9-28/h1-7,12H,8-11,13H2,(H2,28,29,30);1-7,12,31H,8-11H2,(H2,27,28,29);1-7,10H,8-9,11-13H2,(H2,24,25,26). The monoisotopic (exact) mass is 1630 g/mol. The first-order valence-electron chi connectivity index (χ1n) is 32.4. The molecule has 26 nitrogen and oxygen atoms in total. The number of rotatable bonds is 18.